The van der Waals surface area contributed by atoms with Crippen molar-refractivity contribution in [2.75, 3.05) is 12.4 Å². The van der Waals surface area contributed by atoms with Crippen LogP contribution >= 0.6 is 0 Å². The summed E-state index contributed by atoms with van der Waals surface area (Å²) in [5.41, 5.74) is 1.67. The van der Waals surface area contributed by atoms with Gasteiger partial charge in [-0.25, -0.2) is 4.98 Å². The van der Waals surface area contributed by atoms with E-state index in [-0.39, 0.29) is 11.9 Å². The molecule has 0 fully saturated rings. The number of aromatic nitrogens is 2. The second-order valence-electron chi connectivity index (χ2n) is 5.39. The third-order valence-corrected chi connectivity index (χ3v) is 3.78. The predicted molar refractivity (Wildman–Crippen MR) is 93.0 cm³/mol. The van der Waals surface area contributed by atoms with Gasteiger partial charge >= 0.3 is 0 Å². The summed E-state index contributed by atoms with van der Waals surface area (Å²) >= 11 is 0. The number of anilines is 1. The van der Waals surface area contributed by atoms with E-state index in [1.54, 1.807) is 18.3 Å². The molecule has 1 amide bonds. The molecule has 24 heavy (non-hydrogen) atoms. The molecule has 0 aliphatic carbocycles. The minimum Gasteiger partial charge on any atom is -0.480 e. The molecule has 5 heteroatoms. The van der Waals surface area contributed by atoms with E-state index in [1.807, 2.05) is 59.4 Å². The van der Waals surface area contributed by atoms with E-state index in [0.29, 0.717) is 18.0 Å². The summed E-state index contributed by atoms with van der Waals surface area (Å²) in [4.78, 5) is 17.0. The number of rotatable bonds is 6. The number of methoxy groups -OCH3 is 1. The van der Waals surface area contributed by atoms with Crippen LogP contribution in [0.3, 0.4) is 0 Å². The van der Waals surface area contributed by atoms with Gasteiger partial charge in [0.2, 0.25) is 11.8 Å². The van der Waals surface area contributed by atoms with Crippen LogP contribution in [0.25, 0.3) is 0 Å². The van der Waals surface area contributed by atoms with E-state index in [4.69, 9.17) is 4.74 Å². The van der Waals surface area contributed by atoms with Crippen molar-refractivity contribution in [3.8, 4) is 5.88 Å². The summed E-state index contributed by atoms with van der Waals surface area (Å²) in [6, 6.07) is 17.0. The van der Waals surface area contributed by atoms with Crippen LogP contribution in [0, 0.1) is 0 Å². The molecule has 122 valence electrons. The third-order valence-electron chi connectivity index (χ3n) is 3.78. The minimum atomic E-state index is -0.354. The Morgan fingerprint density at radius 3 is 2.58 bits per heavy atom. The summed E-state index contributed by atoms with van der Waals surface area (Å²) in [5.74, 6) is 0.290. The lowest BCUT2D eigenvalue weighted by Gasteiger charge is -2.19. The van der Waals surface area contributed by atoms with Gasteiger partial charge in [0.1, 0.15) is 11.7 Å². The van der Waals surface area contributed by atoms with Gasteiger partial charge in [0, 0.05) is 25.0 Å². The average molecular weight is 321 g/mol. The molecule has 0 aliphatic rings. The fraction of sp³-hybridized carbons (Fsp3) is 0.158. The van der Waals surface area contributed by atoms with Crippen LogP contribution in [0.5, 0.6) is 5.88 Å². The lowest BCUT2D eigenvalue weighted by atomic mass is 10.1. The first-order chi connectivity index (χ1) is 11.8. The SMILES string of the molecule is COc1ncccc1NC(=O)[C@@H](Cc1ccccc1)n1cccc1. The molecule has 1 aromatic carbocycles. The quantitative estimate of drug-likeness (QED) is 0.758. The van der Waals surface area contributed by atoms with Gasteiger partial charge in [0.05, 0.1) is 7.11 Å². The van der Waals surface area contributed by atoms with E-state index in [0.717, 1.165) is 5.56 Å². The van der Waals surface area contributed by atoms with Gasteiger partial charge in [-0.3, -0.25) is 4.79 Å². The maximum absolute atomic E-state index is 12.9. The second-order valence-corrected chi connectivity index (χ2v) is 5.39. The summed E-state index contributed by atoms with van der Waals surface area (Å²) in [6.07, 6.45) is 6.02. The highest BCUT2D eigenvalue weighted by Crippen LogP contribution is 2.23. The number of ether oxygens (including phenoxy) is 1. The van der Waals surface area contributed by atoms with Crippen LogP contribution in [0.15, 0.2) is 73.2 Å². The topological polar surface area (TPSA) is 56.1 Å². The van der Waals surface area contributed by atoms with E-state index < -0.39 is 0 Å². The van der Waals surface area contributed by atoms with Gasteiger partial charge in [-0.15, -0.1) is 0 Å². The van der Waals surface area contributed by atoms with Crippen LogP contribution in [-0.4, -0.2) is 22.6 Å². The van der Waals surface area contributed by atoms with Gasteiger partial charge < -0.3 is 14.6 Å². The molecule has 0 radical (unpaired) electrons. The Kier molecular flexibility index (Phi) is 4.91. The van der Waals surface area contributed by atoms with Crippen molar-refractivity contribution in [1.82, 2.24) is 9.55 Å². The number of nitrogens with zero attached hydrogens (tertiary/aromatic N) is 2. The number of hydrogen-bond donors (Lipinski definition) is 1. The lowest BCUT2D eigenvalue weighted by Crippen LogP contribution is -2.27. The molecular weight excluding hydrogens is 302 g/mol. The zero-order valence-corrected chi connectivity index (χ0v) is 13.4. The smallest absolute Gasteiger partial charge is 0.247 e. The molecule has 0 spiro atoms. The first-order valence-corrected chi connectivity index (χ1v) is 7.74. The fourth-order valence-electron chi connectivity index (χ4n) is 2.59. The monoisotopic (exact) mass is 321 g/mol. The van der Waals surface area contributed by atoms with Crippen LogP contribution < -0.4 is 10.1 Å². The molecule has 3 aromatic rings. The average Bonchev–Trinajstić information content (AvgIpc) is 3.15. The Morgan fingerprint density at radius 2 is 1.88 bits per heavy atom. The molecule has 1 N–H and O–H groups in total. The standard InChI is InChI=1S/C19H19N3O2/c1-24-19-16(10-7-11-20-19)21-18(23)17(22-12-5-6-13-22)14-15-8-3-2-4-9-15/h2-13,17H,14H2,1H3,(H,21,23)/t17-/m1/s1. The largest absolute Gasteiger partial charge is 0.480 e. The van der Waals surface area contributed by atoms with E-state index >= 15 is 0 Å². The van der Waals surface area contributed by atoms with Gasteiger partial charge in [-0.05, 0) is 29.8 Å². The highest BCUT2D eigenvalue weighted by atomic mass is 16.5. The van der Waals surface area contributed by atoms with E-state index in [9.17, 15) is 4.79 Å². The number of carbonyl (C=O) groups excluding carboxylic acids is 1. The summed E-state index contributed by atoms with van der Waals surface area (Å²) in [5, 5.41) is 2.92. The Hall–Kier alpha value is -3.08. The maximum atomic E-state index is 12.9. The first-order valence-electron chi connectivity index (χ1n) is 7.74. The molecule has 0 saturated carbocycles. The Balaban J connectivity index is 1.84. The molecule has 0 saturated heterocycles. The van der Waals surface area contributed by atoms with Crippen molar-refractivity contribution < 1.29 is 9.53 Å². The maximum Gasteiger partial charge on any atom is 0.247 e. The highest BCUT2D eigenvalue weighted by molar-refractivity contribution is 5.94. The number of hydrogen-bond acceptors (Lipinski definition) is 3. The summed E-state index contributed by atoms with van der Waals surface area (Å²) < 4.78 is 7.11. The zero-order valence-electron chi connectivity index (χ0n) is 13.4. The molecule has 5 nitrogen and oxygen atoms in total. The van der Waals surface area contributed by atoms with Gasteiger partial charge in [-0.2, -0.15) is 0 Å². The van der Waals surface area contributed by atoms with Crippen LogP contribution in [0.1, 0.15) is 11.6 Å². The lowest BCUT2D eigenvalue weighted by molar-refractivity contribution is -0.119. The highest BCUT2D eigenvalue weighted by Gasteiger charge is 2.21. The van der Waals surface area contributed by atoms with Crippen molar-refractivity contribution in [1.29, 1.82) is 0 Å². The Morgan fingerprint density at radius 1 is 1.12 bits per heavy atom. The zero-order chi connectivity index (χ0) is 16.8. The second kappa shape index (κ2) is 7.46. The van der Waals surface area contributed by atoms with Crippen LogP contribution in [0.4, 0.5) is 5.69 Å². The summed E-state index contributed by atoms with van der Waals surface area (Å²) in [7, 11) is 1.53. The van der Waals surface area contributed by atoms with Gasteiger partial charge in [-0.1, -0.05) is 30.3 Å². The summed E-state index contributed by atoms with van der Waals surface area (Å²) in [6.45, 7) is 0. The van der Waals surface area contributed by atoms with Crippen molar-refractivity contribution in [2.24, 2.45) is 0 Å². The molecule has 3 rings (SSSR count). The Bertz CT molecular complexity index is 785. The minimum absolute atomic E-state index is 0.110. The number of benzene rings is 1. The molecule has 0 bridgehead atoms. The van der Waals surface area contributed by atoms with E-state index in [1.165, 1.54) is 7.11 Å². The normalized spacial score (nSPS) is 11.7. The molecular formula is C19H19N3O2. The molecule has 0 unspecified atom stereocenters. The van der Waals surface area contributed by atoms with Crippen molar-refractivity contribution in [3.63, 3.8) is 0 Å². The van der Waals surface area contributed by atoms with Crippen LogP contribution in [0.2, 0.25) is 0 Å². The molecule has 1 atom stereocenters. The molecule has 2 aromatic heterocycles. The fourth-order valence-corrected chi connectivity index (χ4v) is 2.59. The number of nitrogens with one attached hydrogen (secondary N) is 1. The number of pyridine rings is 1. The van der Waals surface area contributed by atoms with Gasteiger partial charge in [0.15, 0.2) is 0 Å². The Labute approximate surface area is 140 Å². The van der Waals surface area contributed by atoms with Crippen LogP contribution in [-0.2, 0) is 11.2 Å². The van der Waals surface area contributed by atoms with E-state index in [2.05, 4.69) is 10.3 Å². The molecule has 0 aliphatic heterocycles. The number of carbonyl (C=O) groups is 1. The van der Waals surface area contributed by atoms with Crippen molar-refractivity contribution >= 4 is 11.6 Å². The van der Waals surface area contributed by atoms with Crippen molar-refractivity contribution in [3.05, 3.63) is 78.8 Å². The predicted octanol–water partition coefficient (Wildman–Crippen LogP) is 3.31. The first kappa shape index (κ1) is 15.8. The molecule has 2 heterocycles. The van der Waals surface area contributed by atoms with Gasteiger partial charge in [0.25, 0.3) is 0 Å². The van der Waals surface area contributed by atoms with Crippen molar-refractivity contribution in [2.45, 2.75) is 12.5 Å². The third kappa shape index (κ3) is 3.63. The number of amides is 1.